The number of carbonyl (C=O) groups is 1. The number of hydrogen-bond acceptors (Lipinski definition) is 2. The van der Waals surface area contributed by atoms with E-state index < -0.39 is 23.4 Å². The molecule has 2 rings (SSSR count). The molecule has 0 aliphatic carbocycles. The van der Waals surface area contributed by atoms with Crippen molar-refractivity contribution in [2.75, 3.05) is 0 Å². The second-order valence-corrected chi connectivity index (χ2v) is 4.03. The van der Waals surface area contributed by atoms with Crippen LogP contribution in [0.1, 0.15) is 5.56 Å². The van der Waals surface area contributed by atoms with Gasteiger partial charge in [-0.3, -0.25) is 0 Å². The van der Waals surface area contributed by atoms with Crippen molar-refractivity contribution in [3.63, 3.8) is 0 Å². The van der Waals surface area contributed by atoms with Crippen LogP contribution in [0, 0.1) is 17.5 Å². The van der Waals surface area contributed by atoms with Crippen molar-refractivity contribution in [3.8, 4) is 11.5 Å². The quantitative estimate of drug-likeness (QED) is 0.867. The summed E-state index contributed by atoms with van der Waals surface area (Å²) in [6.07, 6.45) is 1.91. The van der Waals surface area contributed by atoms with Gasteiger partial charge in [0.05, 0.1) is 0 Å². The predicted octanol–water partition coefficient (Wildman–Crippen LogP) is 3.99. The van der Waals surface area contributed by atoms with E-state index in [9.17, 15) is 18.0 Å². The van der Waals surface area contributed by atoms with Gasteiger partial charge in [-0.1, -0.05) is 0 Å². The third kappa shape index (κ3) is 3.85. The van der Waals surface area contributed by atoms with Gasteiger partial charge in [-0.05, 0) is 36.4 Å². The number of benzene rings is 2. The summed E-state index contributed by atoms with van der Waals surface area (Å²) in [5, 5.41) is 8.58. The molecule has 0 atom stereocenters. The van der Waals surface area contributed by atoms with E-state index in [1.54, 1.807) is 0 Å². The molecule has 2 aromatic rings. The molecule has 0 unspecified atom stereocenters. The van der Waals surface area contributed by atoms with Crippen molar-refractivity contribution < 1.29 is 27.8 Å². The molecule has 0 fully saturated rings. The lowest BCUT2D eigenvalue weighted by atomic mass is 10.1. The molecule has 21 heavy (non-hydrogen) atoms. The van der Waals surface area contributed by atoms with E-state index in [0.717, 1.165) is 36.4 Å². The maximum atomic E-state index is 13.5. The Kier molecular flexibility index (Phi) is 4.27. The number of aliphatic carboxylic acids is 1. The summed E-state index contributed by atoms with van der Waals surface area (Å²) in [6.45, 7) is 0. The molecule has 0 bridgehead atoms. The highest BCUT2D eigenvalue weighted by molar-refractivity contribution is 5.85. The smallest absolute Gasteiger partial charge is 0.328 e. The molecule has 0 radical (unpaired) electrons. The highest BCUT2D eigenvalue weighted by Crippen LogP contribution is 2.29. The monoisotopic (exact) mass is 294 g/mol. The molecule has 0 heterocycles. The van der Waals surface area contributed by atoms with Gasteiger partial charge in [-0.25, -0.2) is 18.0 Å². The molecule has 3 nitrogen and oxygen atoms in total. The summed E-state index contributed by atoms with van der Waals surface area (Å²) in [5.74, 6) is -3.73. The standard InChI is InChI=1S/C15H9F3O3/c16-10-2-4-13(9(7-10)1-6-15(19)20)21-14-5-3-11(17)8-12(14)18/h1-8H,(H,19,20)/b6-1+. The summed E-state index contributed by atoms with van der Waals surface area (Å²) in [6, 6.07) is 6.07. The second kappa shape index (κ2) is 6.13. The van der Waals surface area contributed by atoms with Crippen molar-refractivity contribution in [1.29, 1.82) is 0 Å². The summed E-state index contributed by atoms with van der Waals surface area (Å²) in [5.41, 5.74) is 0.112. The third-order valence-electron chi connectivity index (χ3n) is 2.49. The third-order valence-corrected chi connectivity index (χ3v) is 2.49. The van der Waals surface area contributed by atoms with Crippen molar-refractivity contribution in [2.45, 2.75) is 0 Å². The van der Waals surface area contributed by atoms with Gasteiger partial charge in [0.2, 0.25) is 0 Å². The van der Waals surface area contributed by atoms with E-state index in [0.29, 0.717) is 6.07 Å². The first-order chi connectivity index (χ1) is 9.95. The molecule has 0 aliphatic rings. The Balaban J connectivity index is 2.37. The van der Waals surface area contributed by atoms with Crippen molar-refractivity contribution in [1.82, 2.24) is 0 Å². The molecule has 108 valence electrons. The minimum absolute atomic E-state index is 0.0411. The lowest BCUT2D eigenvalue weighted by Gasteiger charge is -2.09. The minimum atomic E-state index is -1.22. The first-order valence-electron chi connectivity index (χ1n) is 5.79. The van der Waals surface area contributed by atoms with E-state index in [4.69, 9.17) is 9.84 Å². The van der Waals surface area contributed by atoms with Crippen LogP contribution in [0.5, 0.6) is 11.5 Å². The molecule has 0 aromatic heterocycles. The Morgan fingerprint density at radius 3 is 2.24 bits per heavy atom. The SMILES string of the molecule is O=C(O)/C=C/c1cc(F)ccc1Oc1ccc(F)cc1F. The number of halogens is 3. The number of hydrogen-bond donors (Lipinski definition) is 1. The van der Waals surface area contributed by atoms with Gasteiger partial charge in [-0.15, -0.1) is 0 Å². The number of carboxylic acid groups (broad SMARTS) is 1. The van der Waals surface area contributed by atoms with Crippen LogP contribution < -0.4 is 4.74 Å². The van der Waals surface area contributed by atoms with Gasteiger partial charge in [0.1, 0.15) is 17.4 Å². The van der Waals surface area contributed by atoms with Gasteiger partial charge in [0.25, 0.3) is 0 Å². The number of carboxylic acids is 1. The zero-order chi connectivity index (χ0) is 15.4. The second-order valence-electron chi connectivity index (χ2n) is 4.03. The molecular formula is C15H9F3O3. The molecule has 0 saturated heterocycles. The average molecular weight is 294 g/mol. The maximum absolute atomic E-state index is 13.5. The molecule has 1 N–H and O–H groups in total. The van der Waals surface area contributed by atoms with Gasteiger partial charge in [0, 0.05) is 17.7 Å². The summed E-state index contributed by atoms with van der Waals surface area (Å²) >= 11 is 0. The fourth-order valence-electron chi connectivity index (χ4n) is 1.58. The van der Waals surface area contributed by atoms with Crippen LogP contribution in [0.2, 0.25) is 0 Å². The molecule has 0 aliphatic heterocycles. The van der Waals surface area contributed by atoms with E-state index in [1.807, 2.05) is 0 Å². The Hall–Kier alpha value is -2.76. The minimum Gasteiger partial charge on any atom is -0.478 e. The molecule has 6 heteroatoms. The Bertz CT molecular complexity index is 711. The van der Waals surface area contributed by atoms with Gasteiger partial charge in [-0.2, -0.15) is 0 Å². The summed E-state index contributed by atoms with van der Waals surface area (Å²) in [4.78, 5) is 10.5. The highest BCUT2D eigenvalue weighted by atomic mass is 19.1. The van der Waals surface area contributed by atoms with E-state index in [2.05, 4.69) is 0 Å². The number of ether oxygens (including phenoxy) is 1. The predicted molar refractivity (Wildman–Crippen MR) is 69.5 cm³/mol. The van der Waals surface area contributed by atoms with E-state index in [1.165, 1.54) is 6.07 Å². The van der Waals surface area contributed by atoms with Crippen LogP contribution in [0.25, 0.3) is 6.08 Å². The van der Waals surface area contributed by atoms with Crippen molar-refractivity contribution in [2.24, 2.45) is 0 Å². The molecule has 2 aromatic carbocycles. The van der Waals surface area contributed by atoms with Crippen LogP contribution in [-0.2, 0) is 4.79 Å². The zero-order valence-corrected chi connectivity index (χ0v) is 10.5. The molecular weight excluding hydrogens is 285 g/mol. The Morgan fingerprint density at radius 1 is 1.00 bits per heavy atom. The summed E-state index contributed by atoms with van der Waals surface area (Å²) in [7, 11) is 0. The normalized spacial score (nSPS) is 10.8. The van der Waals surface area contributed by atoms with Crippen LogP contribution in [0.15, 0.2) is 42.5 Å². The average Bonchev–Trinajstić information content (AvgIpc) is 2.41. The maximum Gasteiger partial charge on any atom is 0.328 e. The van der Waals surface area contributed by atoms with Gasteiger partial charge < -0.3 is 9.84 Å². The van der Waals surface area contributed by atoms with E-state index in [-0.39, 0.29) is 17.1 Å². The van der Waals surface area contributed by atoms with Gasteiger partial charge in [0.15, 0.2) is 11.6 Å². The number of rotatable bonds is 4. The Morgan fingerprint density at radius 2 is 1.62 bits per heavy atom. The van der Waals surface area contributed by atoms with Crippen LogP contribution in [0.4, 0.5) is 13.2 Å². The van der Waals surface area contributed by atoms with Crippen LogP contribution in [0.3, 0.4) is 0 Å². The first-order valence-corrected chi connectivity index (χ1v) is 5.79. The lowest BCUT2D eigenvalue weighted by molar-refractivity contribution is -0.131. The fraction of sp³-hybridized carbons (Fsp3) is 0. The molecule has 0 amide bonds. The van der Waals surface area contributed by atoms with Crippen LogP contribution >= 0.6 is 0 Å². The van der Waals surface area contributed by atoms with Crippen LogP contribution in [-0.4, -0.2) is 11.1 Å². The fourth-order valence-corrected chi connectivity index (χ4v) is 1.58. The van der Waals surface area contributed by atoms with Gasteiger partial charge >= 0.3 is 5.97 Å². The highest BCUT2D eigenvalue weighted by Gasteiger charge is 2.09. The molecule has 0 saturated carbocycles. The lowest BCUT2D eigenvalue weighted by Crippen LogP contribution is -1.93. The van der Waals surface area contributed by atoms with Crippen molar-refractivity contribution in [3.05, 3.63) is 65.5 Å². The van der Waals surface area contributed by atoms with Crippen molar-refractivity contribution >= 4 is 12.0 Å². The molecule has 0 spiro atoms. The Labute approximate surface area is 117 Å². The zero-order valence-electron chi connectivity index (χ0n) is 10.5. The largest absolute Gasteiger partial charge is 0.478 e. The first kappa shape index (κ1) is 14.6. The van der Waals surface area contributed by atoms with E-state index >= 15 is 0 Å². The summed E-state index contributed by atoms with van der Waals surface area (Å²) < 4.78 is 44.7. The topological polar surface area (TPSA) is 46.5 Å².